The van der Waals surface area contributed by atoms with Crippen LogP contribution in [0.15, 0.2) is 24.5 Å². The molecule has 1 unspecified atom stereocenters. The van der Waals surface area contributed by atoms with Gasteiger partial charge in [0.25, 0.3) is 0 Å². The molecule has 0 aliphatic heterocycles. The topological polar surface area (TPSA) is 39.2 Å². The van der Waals surface area contributed by atoms with E-state index < -0.39 is 4.93 Å². The summed E-state index contributed by atoms with van der Waals surface area (Å²) in [6, 6.07) is 3.60. The minimum Gasteiger partial charge on any atom is -0.444 e. The van der Waals surface area contributed by atoms with Crippen LogP contribution in [0.1, 0.15) is 25.8 Å². The Hall–Kier alpha value is -1.03. The quantitative estimate of drug-likeness (QED) is 0.473. The van der Waals surface area contributed by atoms with E-state index in [1.807, 2.05) is 6.07 Å². The predicted octanol–water partition coefficient (Wildman–Crippen LogP) is 2.14. The number of esters is 1. The number of ether oxygens (including phenoxy) is 1. The van der Waals surface area contributed by atoms with Gasteiger partial charge in [-0.05, 0) is 13.0 Å². The molecule has 1 aromatic rings. The molecule has 1 rings (SSSR count). The number of carbonyl (C=O) groups excluding carboxylic acids is 1. The van der Waals surface area contributed by atoms with E-state index in [9.17, 15) is 4.79 Å². The first-order chi connectivity index (χ1) is 6.56. The number of aromatic nitrogens is 1. The molecule has 0 radical (unpaired) electrons. The number of hydrogen-bond donors (Lipinski definition) is 1. The molecule has 0 amide bonds. The van der Waals surface area contributed by atoms with Gasteiger partial charge < -0.3 is 4.74 Å². The maximum absolute atomic E-state index is 11.1. The van der Waals surface area contributed by atoms with Crippen molar-refractivity contribution in [3.8, 4) is 0 Å². The van der Waals surface area contributed by atoms with Crippen LogP contribution in [-0.2, 0) is 14.5 Å². The van der Waals surface area contributed by atoms with Crippen molar-refractivity contribution in [1.82, 2.24) is 4.98 Å². The third-order valence-electron chi connectivity index (χ3n) is 1.80. The van der Waals surface area contributed by atoms with Gasteiger partial charge in [-0.2, -0.15) is 0 Å². The SMILES string of the molecule is CCC(=O)OC(C)(S)c1cccnc1. The summed E-state index contributed by atoms with van der Waals surface area (Å²) in [5.41, 5.74) is 0.769. The molecule has 0 aromatic carbocycles. The molecule has 1 heterocycles. The lowest BCUT2D eigenvalue weighted by molar-refractivity contribution is -0.150. The second-order valence-corrected chi connectivity index (χ2v) is 3.91. The van der Waals surface area contributed by atoms with Crippen molar-refractivity contribution in [1.29, 1.82) is 0 Å². The molecule has 1 aromatic heterocycles. The minimum atomic E-state index is -0.901. The van der Waals surface area contributed by atoms with Crippen molar-refractivity contribution < 1.29 is 9.53 Å². The van der Waals surface area contributed by atoms with Crippen LogP contribution in [0, 0.1) is 0 Å². The summed E-state index contributed by atoms with van der Waals surface area (Å²) in [6.07, 6.45) is 3.64. The average Bonchev–Trinajstić information content (AvgIpc) is 2.18. The smallest absolute Gasteiger partial charge is 0.307 e. The van der Waals surface area contributed by atoms with Crippen LogP contribution in [-0.4, -0.2) is 11.0 Å². The molecule has 3 nitrogen and oxygen atoms in total. The van der Waals surface area contributed by atoms with E-state index in [-0.39, 0.29) is 5.97 Å². The lowest BCUT2D eigenvalue weighted by atomic mass is 10.2. The lowest BCUT2D eigenvalue weighted by Gasteiger charge is -2.23. The van der Waals surface area contributed by atoms with E-state index in [0.29, 0.717) is 6.42 Å². The highest BCUT2D eigenvalue weighted by Crippen LogP contribution is 2.28. The first-order valence-corrected chi connectivity index (χ1v) is 4.85. The Bertz CT molecular complexity index is 311. The van der Waals surface area contributed by atoms with Gasteiger partial charge in [0.2, 0.25) is 0 Å². The minimum absolute atomic E-state index is 0.272. The van der Waals surface area contributed by atoms with Gasteiger partial charge in [0, 0.05) is 24.4 Å². The number of pyridine rings is 1. The molecule has 0 spiro atoms. The molecule has 0 fully saturated rings. The van der Waals surface area contributed by atoms with E-state index in [1.54, 1.807) is 32.3 Å². The largest absolute Gasteiger partial charge is 0.444 e. The van der Waals surface area contributed by atoms with Crippen molar-refractivity contribution in [2.45, 2.75) is 25.2 Å². The van der Waals surface area contributed by atoms with Gasteiger partial charge in [0.1, 0.15) is 0 Å². The third kappa shape index (κ3) is 2.73. The standard InChI is InChI=1S/C10H13NO2S/c1-3-9(12)13-10(2,14)8-5-4-6-11-7-8/h4-7,14H,3H2,1-2H3. The zero-order valence-corrected chi connectivity index (χ0v) is 9.12. The number of hydrogen-bond acceptors (Lipinski definition) is 4. The lowest BCUT2D eigenvalue weighted by Crippen LogP contribution is -2.22. The molecule has 1 atom stereocenters. The van der Waals surface area contributed by atoms with Crippen molar-refractivity contribution in [2.75, 3.05) is 0 Å². The fraction of sp³-hybridized carbons (Fsp3) is 0.400. The van der Waals surface area contributed by atoms with Gasteiger partial charge in [-0.15, -0.1) is 12.6 Å². The number of thiol groups is 1. The van der Waals surface area contributed by atoms with Crippen LogP contribution in [0.4, 0.5) is 0 Å². The highest BCUT2D eigenvalue weighted by molar-refractivity contribution is 7.81. The Morgan fingerprint density at radius 2 is 2.43 bits per heavy atom. The highest BCUT2D eigenvalue weighted by Gasteiger charge is 2.25. The van der Waals surface area contributed by atoms with E-state index >= 15 is 0 Å². The van der Waals surface area contributed by atoms with Gasteiger partial charge in [-0.1, -0.05) is 13.0 Å². The first-order valence-electron chi connectivity index (χ1n) is 4.41. The van der Waals surface area contributed by atoms with Gasteiger partial charge in [-0.3, -0.25) is 9.78 Å². The van der Waals surface area contributed by atoms with Crippen molar-refractivity contribution in [2.24, 2.45) is 0 Å². The maximum atomic E-state index is 11.1. The maximum Gasteiger partial charge on any atom is 0.307 e. The van der Waals surface area contributed by atoms with Gasteiger partial charge >= 0.3 is 5.97 Å². The molecule has 0 saturated carbocycles. The molecule has 0 N–H and O–H groups in total. The van der Waals surface area contributed by atoms with E-state index in [0.717, 1.165) is 5.56 Å². The zero-order valence-electron chi connectivity index (χ0n) is 8.23. The second kappa shape index (κ2) is 4.46. The molecule has 0 bridgehead atoms. The summed E-state index contributed by atoms with van der Waals surface area (Å²) in [6.45, 7) is 3.47. The Morgan fingerprint density at radius 3 is 2.93 bits per heavy atom. The summed E-state index contributed by atoms with van der Waals surface area (Å²) in [5.74, 6) is -0.272. The monoisotopic (exact) mass is 211 g/mol. The highest BCUT2D eigenvalue weighted by atomic mass is 32.1. The van der Waals surface area contributed by atoms with E-state index in [2.05, 4.69) is 17.6 Å². The van der Waals surface area contributed by atoms with Crippen LogP contribution >= 0.6 is 12.6 Å². The molecular weight excluding hydrogens is 198 g/mol. The fourth-order valence-electron chi connectivity index (χ4n) is 0.990. The van der Waals surface area contributed by atoms with Gasteiger partial charge in [-0.25, -0.2) is 0 Å². The molecule has 76 valence electrons. The molecular formula is C10H13NO2S. The van der Waals surface area contributed by atoms with Crippen LogP contribution in [0.5, 0.6) is 0 Å². The van der Waals surface area contributed by atoms with Crippen molar-refractivity contribution >= 4 is 18.6 Å². The summed E-state index contributed by atoms with van der Waals surface area (Å²) >= 11 is 4.29. The van der Waals surface area contributed by atoms with Crippen LogP contribution in [0.2, 0.25) is 0 Å². The van der Waals surface area contributed by atoms with Crippen LogP contribution in [0.25, 0.3) is 0 Å². The third-order valence-corrected chi connectivity index (χ3v) is 2.15. The van der Waals surface area contributed by atoms with E-state index in [4.69, 9.17) is 4.74 Å². The first kappa shape index (κ1) is 11.0. The van der Waals surface area contributed by atoms with Crippen molar-refractivity contribution in [3.63, 3.8) is 0 Å². The zero-order chi connectivity index (χ0) is 10.6. The predicted molar refractivity (Wildman–Crippen MR) is 57.0 cm³/mol. The summed E-state index contributed by atoms with van der Waals surface area (Å²) in [7, 11) is 0. The Labute approximate surface area is 88.9 Å². The second-order valence-electron chi connectivity index (χ2n) is 3.05. The Balaban J connectivity index is 2.80. The van der Waals surface area contributed by atoms with E-state index in [1.165, 1.54) is 0 Å². The fourth-order valence-corrected chi connectivity index (χ4v) is 1.22. The van der Waals surface area contributed by atoms with Gasteiger partial charge in [0.05, 0.1) is 0 Å². The molecule has 0 saturated heterocycles. The summed E-state index contributed by atoms with van der Waals surface area (Å²) in [4.78, 5) is 14.2. The number of carbonyl (C=O) groups is 1. The van der Waals surface area contributed by atoms with Crippen LogP contribution in [0.3, 0.4) is 0 Å². The molecule has 4 heteroatoms. The molecule has 14 heavy (non-hydrogen) atoms. The van der Waals surface area contributed by atoms with Gasteiger partial charge in [0.15, 0.2) is 4.93 Å². The average molecular weight is 211 g/mol. The Kier molecular flexibility index (Phi) is 3.52. The number of rotatable bonds is 3. The summed E-state index contributed by atoms with van der Waals surface area (Å²) in [5, 5.41) is 0. The van der Waals surface area contributed by atoms with Crippen LogP contribution < -0.4 is 0 Å². The molecule has 0 aliphatic carbocycles. The Morgan fingerprint density at radius 1 is 1.71 bits per heavy atom. The number of nitrogens with zero attached hydrogens (tertiary/aromatic N) is 1. The summed E-state index contributed by atoms with van der Waals surface area (Å²) < 4.78 is 5.16. The normalized spacial score (nSPS) is 14.5. The molecule has 0 aliphatic rings. The van der Waals surface area contributed by atoms with Crippen molar-refractivity contribution in [3.05, 3.63) is 30.1 Å².